The van der Waals surface area contributed by atoms with Crippen LogP contribution in [0.3, 0.4) is 0 Å². The molecule has 7 nitrogen and oxygen atoms in total. The smallest absolute Gasteiger partial charge is 0.314 e. The third kappa shape index (κ3) is 6.62. The summed E-state index contributed by atoms with van der Waals surface area (Å²) in [6, 6.07) is 3.53. The molecule has 0 atom stereocenters. The molecule has 1 aromatic rings. The predicted molar refractivity (Wildman–Crippen MR) is 89.0 cm³/mol. The van der Waals surface area contributed by atoms with Gasteiger partial charge >= 0.3 is 6.03 Å². The van der Waals surface area contributed by atoms with E-state index in [0.717, 1.165) is 37.9 Å². The van der Waals surface area contributed by atoms with Gasteiger partial charge in [0.15, 0.2) is 0 Å². The Morgan fingerprint density at radius 1 is 1.25 bits per heavy atom. The molecule has 4 N–H and O–H groups in total. The van der Waals surface area contributed by atoms with Crippen molar-refractivity contribution < 1.29 is 18.7 Å². The first-order valence-electron chi connectivity index (χ1n) is 8.56. The number of rotatable bonds is 9. The molecule has 1 fully saturated rings. The monoisotopic (exact) mass is 337 g/mol. The van der Waals surface area contributed by atoms with Crippen LogP contribution in [0.1, 0.15) is 37.9 Å². The summed E-state index contributed by atoms with van der Waals surface area (Å²) in [5, 5.41) is 5.70. The molecule has 24 heavy (non-hydrogen) atoms. The lowest BCUT2D eigenvalue weighted by Gasteiger charge is -2.26. The van der Waals surface area contributed by atoms with Crippen LogP contribution in [0.25, 0.3) is 0 Å². The first-order valence-corrected chi connectivity index (χ1v) is 8.56. The minimum Gasteiger partial charge on any atom is -0.467 e. The second-order valence-corrected chi connectivity index (χ2v) is 6.24. The van der Waals surface area contributed by atoms with Crippen LogP contribution in [0.15, 0.2) is 22.8 Å². The minimum absolute atomic E-state index is 0.0104. The first kappa shape index (κ1) is 18.3. The summed E-state index contributed by atoms with van der Waals surface area (Å²) in [5.74, 6) is 1.04. The third-order valence-electron chi connectivity index (χ3n) is 4.38. The molecule has 1 aromatic heterocycles. The molecule has 1 aliphatic rings. The third-order valence-corrected chi connectivity index (χ3v) is 4.38. The number of ether oxygens (including phenoxy) is 1. The van der Waals surface area contributed by atoms with Gasteiger partial charge in [0.05, 0.1) is 6.26 Å². The van der Waals surface area contributed by atoms with E-state index in [2.05, 4.69) is 10.6 Å². The number of furan rings is 1. The quantitative estimate of drug-likeness (QED) is 0.597. The van der Waals surface area contributed by atoms with Gasteiger partial charge < -0.3 is 25.5 Å². The van der Waals surface area contributed by atoms with Crippen molar-refractivity contribution in [2.75, 3.05) is 19.7 Å². The number of amides is 3. The zero-order valence-corrected chi connectivity index (χ0v) is 14.0. The van der Waals surface area contributed by atoms with Gasteiger partial charge in [0.25, 0.3) is 0 Å². The molecule has 134 valence electrons. The average molecular weight is 337 g/mol. The van der Waals surface area contributed by atoms with Gasteiger partial charge in [-0.15, -0.1) is 0 Å². The predicted octanol–water partition coefficient (Wildman–Crippen LogP) is 1.78. The summed E-state index contributed by atoms with van der Waals surface area (Å²) < 4.78 is 10.6. The molecule has 7 heteroatoms. The van der Waals surface area contributed by atoms with E-state index in [0.29, 0.717) is 32.2 Å². The topological polar surface area (TPSA) is 107 Å². The lowest BCUT2D eigenvalue weighted by Crippen LogP contribution is -2.40. The number of carbonyl (C=O) groups excluding carboxylic acids is 2. The van der Waals surface area contributed by atoms with Crippen LogP contribution in [0.4, 0.5) is 4.79 Å². The van der Waals surface area contributed by atoms with E-state index >= 15 is 0 Å². The molecule has 3 amide bonds. The van der Waals surface area contributed by atoms with Crippen molar-refractivity contribution in [3.8, 4) is 0 Å². The fourth-order valence-electron chi connectivity index (χ4n) is 2.89. The molecular formula is C17H27N3O4. The van der Waals surface area contributed by atoms with Crippen LogP contribution in [0, 0.1) is 11.8 Å². The standard InChI is InChI=1S/C17H27N3O4/c18-16(21)14-6-4-13(5-7-14)11-20-17(22)19-8-2-9-23-12-15-3-1-10-24-15/h1,3,10,13-14H,2,4-9,11-12H2,(H2,18,21)(H2,19,20,22). The summed E-state index contributed by atoms with van der Waals surface area (Å²) in [4.78, 5) is 22.8. The second-order valence-electron chi connectivity index (χ2n) is 6.24. The Labute approximate surface area is 142 Å². The van der Waals surface area contributed by atoms with Crippen molar-refractivity contribution in [1.29, 1.82) is 0 Å². The summed E-state index contributed by atoms with van der Waals surface area (Å²) in [7, 11) is 0. The molecule has 0 radical (unpaired) electrons. The van der Waals surface area contributed by atoms with Crippen molar-refractivity contribution in [3.05, 3.63) is 24.2 Å². The SMILES string of the molecule is NC(=O)C1CCC(CNC(=O)NCCCOCc2ccco2)CC1. The van der Waals surface area contributed by atoms with Crippen LogP contribution >= 0.6 is 0 Å². The van der Waals surface area contributed by atoms with E-state index in [1.165, 1.54) is 0 Å². The fraction of sp³-hybridized carbons (Fsp3) is 0.647. The van der Waals surface area contributed by atoms with Crippen LogP contribution in [0.2, 0.25) is 0 Å². The molecule has 0 bridgehead atoms. The maximum Gasteiger partial charge on any atom is 0.314 e. The summed E-state index contributed by atoms with van der Waals surface area (Å²) in [6.45, 7) is 2.23. The van der Waals surface area contributed by atoms with Gasteiger partial charge in [0.1, 0.15) is 12.4 Å². The van der Waals surface area contributed by atoms with Gasteiger partial charge in [-0.05, 0) is 50.2 Å². The summed E-state index contributed by atoms with van der Waals surface area (Å²) in [6.07, 6.45) is 5.90. The molecule has 1 saturated carbocycles. The van der Waals surface area contributed by atoms with Crippen molar-refractivity contribution in [1.82, 2.24) is 10.6 Å². The average Bonchev–Trinajstić information content (AvgIpc) is 3.10. The molecule has 1 heterocycles. The Bertz CT molecular complexity index is 496. The van der Waals surface area contributed by atoms with E-state index in [-0.39, 0.29) is 17.9 Å². The molecule has 1 aliphatic carbocycles. The van der Waals surface area contributed by atoms with Crippen LogP contribution in [-0.4, -0.2) is 31.6 Å². The van der Waals surface area contributed by atoms with Gasteiger partial charge in [-0.2, -0.15) is 0 Å². The number of carbonyl (C=O) groups is 2. The molecule has 2 rings (SSSR count). The maximum absolute atomic E-state index is 11.7. The Hall–Kier alpha value is -2.02. The first-order chi connectivity index (χ1) is 11.6. The van der Waals surface area contributed by atoms with Gasteiger partial charge in [0.2, 0.25) is 5.91 Å². The summed E-state index contributed by atoms with van der Waals surface area (Å²) in [5.41, 5.74) is 5.32. The fourth-order valence-corrected chi connectivity index (χ4v) is 2.89. The molecule has 0 saturated heterocycles. The molecule has 0 spiro atoms. The number of nitrogens with one attached hydrogen (secondary N) is 2. The Morgan fingerprint density at radius 3 is 2.71 bits per heavy atom. The molecule has 0 aliphatic heterocycles. The lowest BCUT2D eigenvalue weighted by molar-refractivity contribution is -0.122. The van der Waals surface area contributed by atoms with Gasteiger partial charge in [-0.3, -0.25) is 4.79 Å². The number of hydrogen-bond acceptors (Lipinski definition) is 4. The number of primary amides is 1. The zero-order chi connectivity index (χ0) is 17.2. The largest absolute Gasteiger partial charge is 0.467 e. The van der Waals surface area contributed by atoms with Crippen molar-refractivity contribution in [2.24, 2.45) is 17.6 Å². The Balaban J connectivity index is 1.44. The van der Waals surface area contributed by atoms with Crippen molar-refractivity contribution in [2.45, 2.75) is 38.7 Å². The van der Waals surface area contributed by atoms with Crippen LogP contribution in [0.5, 0.6) is 0 Å². The Kier molecular flexibility index (Phi) is 7.61. The highest BCUT2D eigenvalue weighted by atomic mass is 16.5. The minimum atomic E-state index is -0.201. The lowest BCUT2D eigenvalue weighted by atomic mass is 9.82. The Morgan fingerprint density at radius 2 is 2.04 bits per heavy atom. The molecular weight excluding hydrogens is 310 g/mol. The van der Waals surface area contributed by atoms with Gasteiger partial charge in [-0.25, -0.2) is 4.79 Å². The van der Waals surface area contributed by atoms with E-state index < -0.39 is 0 Å². The second kappa shape index (κ2) is 9.97. The highest BCUT2D eigenvalue weighted by Crippen LogP contribution is 2.27. The van der Waals surface area contributed by atoms with E-state index in [9.17, 15) is 9.59 Å². The van der Waals surface area contributed by atoms with Crippen molar-refractivity contribution >= 4 is 11.9 Å². The van der Waals surface area contributed by atoms with Crippen LogP contribution in [-0.2, 0) is 16.1 Å². The highest BCUT2D eigenvalue weighted by Gasteiger charge is 2.24. The number of nitrogens with two attached hydrogens (primary N) is 1. The number of hydrogen-bond donors (Lipinski definition) is 3. The number of urea groups is 1. The highest BCUT2D eigenvalue weighted by molar-refractivity contribution is 5.76. The van der Waals surface area contributed by atoms with Gasteiger partial charge in [-0.1, -0.05) is 0 Å². The van der Waals surface area contributed by atoms with Crippen molar-refractivity contribution in [3.63, 3.8) is 0 Å². The molecule has 0 unspecified atom stereocenters. The maximum atomic E-state index is 11.7. The van der Waals surface area contributed by atoms with E-state index in [1.54, 1.807) is 6.26 Å². The summed E-state index contributed by atoms with van der Waals surface area (Å²) >= 11 is 0. The molecule has 0 aromatic carbocycles. The van der Waals surface area contributed by atoms with E-state index in [4.69, 9.17) is 14.9 Å². The normalized spacial score (nSPS) is 20.5. The van der Waals surface area contributed by atoms with E-state index in [1.807, 2.05) is 12.1 Å². The van der Waals surface area contributed by atoms with Gasteiger partial charge in [0, 0.05) is 25.6 Å². The zero-order valence-electron chi connectivity index (χ0n) is 14.0. The van der Waals surface area contributed by atoms with Crippen LogP contribution < -0.4 is 16.4 Å².